The summed E-state index contributed by atoms with van der Waals surface area (Å²) in [6.45, 7) is 3.78. The number of pyridine rings is 1. The molecule has 2 nitrogen and oxygen atoms in total. The van der Waals surface area contributed by atoms with Gasteiger partial charge in [-0.25, -0.2) is 8.78 Å². The zero-order valence-corrected chi connectivity index (χ0v) is 8.67. The van der Waals surface area contributed by atoms with E-state index >= 15 is 0 Å². The van der Waals surface area contributed by atoms with Crippen molar-refractivity contribution in [3.05, 3.63) is 29.1 Å². The van der Waals surface area contributed by atoms with Gasteiger partial charge in [-0.2, -0.15) is 5.26 Å². The van der Waals surface area contributed by atoms with Crippen molar-refractivity contribution < 1.29 is 8.78 Å². The number of hydrogen-bond acceptors (Lipinski definition) is 2. The van der Waals surface area contributed by atoms with Crippen molar-refractivity contribution in [1.29, 1.82) is 5.26 Å². The average Bonchev–Trinajstić information content (AvgIpc) is 2.16. The van der Waals surface area contributed by atoms with Crippen molar-refractivity contribution in [1.82, 2.24) is 4.98 Å². The highest BCUT2D eigenvalue weighted by molar-refractivity contribution is 5.34. The lowest BCUT2D eigenvalue weighted by Crippen LogP contribution is -2.05. The Balaban J connectivity index is 3.12. The molecule has 1 rings (SSSR count). The molecule has 0 atom stereocenters. The zero-order chi connectivity index (χ0) is 11.4. The van der Waals surface area contributed by atoms with E-state index in [2.05, 4.69) is 4.98 Å². The van der Waals surface area contributed by atoms with E-state index in [0.717, 1.165) is 0 Å². The third-order valence-corrected chi connectivity index (χ3v) is 2.05. The second kappa shape index (κ2) is 4.83. The number of hydrogen-bond donors (Lipinski definition) is 0. The molecule has 0 saturated heterocycles. The van der Waals surface area contributed by atoms with Crippen molar-refractivity contribution >= 4 is 0 Å². The van der Waals surface area contributed by atoms with Gasteiger partial charge in [-0.1, -0.05) is 13.8 Å². The highest BCUT2D eigenvalue weighted by atomic mass is 19.3. The molecule has 0 radical (unpaired) electrons. The molecule has 0 unspecified atom stereocenters. The SMILES string of the molecule is CC(C)c1ncc(C#N)cc1CC(F)F. The topological polar surface area (TPSA) is 36.7 Å². The molecule has 1 aromatic heterocycles. The van der Waals surface area contributed by atoms with Gasteiger partial charge in [-0.15, -0.1) is 0 Å². The predicted octanol–water partition coefficient (Wildman–Crippen LogP) is 2.88. The maximum absolute atomic E-state index is 12.3. The third-order valence-electron chi connectivity index (χ3n) is 2.05. The van der Waals surface area contributed by atoms with Crippen LogP contribution >= 0.6 is 0 Å². The van der Waals surface area contributed by atoms with Gasteiger partial charge in [-0.05, 0) is 17.5 Å². The second-order valence-corrected chi connectivity index (χ2v) is 3.63. The Bertz CT molecular complexity index is 381. The fraction of sp³-hybridized carbons (Fsp3) is 0.455. The minimum absolute atomic E-state index is 0.0893. The summed E-state index contributed by atoms with van der Waals surface area (Å²) in [7, 11) is 0. The highest BCUT2D eigenvalue weighted by Gasteiger charge is 2.13. The van der Waals surface area contributed by atoms with Crippen LogP contribution in [0.5, 0.6) is 0 Å². The maximum atomic E-state index is 12.3. The van der Waals surface area contributed by atoms with Crippen LogP contribution in [0.15, 0.2) is 12.3 Å². The molecule has 1 aromatic rings. The quantitative estimate of drug-likeness (QED) is 0.769. The molecule has 0 aromatic carbocycles. The summed E-state index contributed by atoms with van der Waals surface area (Å²) < 4.78 is 24.6. The first kappa shape index (κ1) is 11.6. The monoisotopic (exact) mass is 210 g/mol. The van der Waals surface area contributed by atoms with E-state index < -0.39 is 6.43 Å². The van der Waals surface area contributed by atoms with Crippen LogP contribution in [0.4, 0.5) is 8.78 Å². The predicted molar refractivity (Wildman–Crippen MR) is 52.7 cm³/mol. The lowest BCUT2D eigenvalue weighted by atomic mass is 10.0. The van der Waals surface area contributed by atoms with Crippen LogP contribution in [-0.4, -0.2) is 11.4 Å². The Labute approximate surface area is 87.6 Å². The molecular formula is C11H12F2N2. The lowest BCUT2D eigenvalue weighted by Gasteiger charge is -2.11. The van der Waals surface area contributed by atoms with Crippen molar-refractivity contribution in [2.75, 3.05) is 0 Å². The van der Waals surface area contributed by atoms with Crippen molar-refractivity contribution in [3.8, 4) is 6.07 Å². The Hall–Kier alpha value is -1.50. The van der Waals surface area contributed by atoms with Gasteiger partial charge in [0.1, 0.15) is 6.07 Å². The van der Waals surface area contributed by atoms with Crippen LogP contribution in [0.1, 0.15) is 36.6 Å². The largest absolute Gasteiger partial charge is 0.259 e. The van der Waals surface area contributed by atoms with Gasteiger partial charge >= 0.3 is 0 Å². The Kier molecular flexibility index (Phi) is 3.73. The van der Waals surface area contributed by atoms with E-state index in [1.807, 2.05) is 19.9 Å². The minimum atomic E-state index is -2.40. The van der Waals surface area contributed by atoms with Crippen molar-refractivity contribution in [3.63, 3.8) is 0 Å². The molecular weight excluding hydrogens is 198 g/mol. The first-order chi connectivity index (χ1) is 7.04. The maximum Gasteiger partial charge on any atom is 0.242 e. The average molecular weight is 210 g/mol. The Morgan fingerprint density at radius 1 is 1.47 bits per heavy atom. The zero-order valence-electron chi connectivity index (χ0n) is 8.67. The van der Waals surface area contributed by atoms with Gasteiger partial charge < -0.3 is 0 Å². The molecule has 0 spiro atoms. The Morgan fingerprint density at radius 3 is 2.60 bits per heavy atom. The van der Waals surface area contributed by atoms with E-state index in [1.165, 1.54) is 12.3 Å². The van der Waals surface area contributed by atoms with Gasteiger partial charge in [-0.3, -0.25) is 4.98 Å². The van der Waals surface area contributed by atoms with E-state index in [0.29, 0.717) is 16.8 Å². The summed E-state index contributed by atoms with van der Waals surface area (Å²) in [4.78, 5) is 4.05. The first-order valence-corrected chi connectivity index (χ1v) is 4.71. The molecule has 0 bridgehead atoms. The summed E-state index contributed by atoms with van der Waals surface area (Å²) in [5.41, 5.74) is 1.45. The van der Waals surface area contributed by atoms with Crippen LogP contribution in [0.3, 0.4) is 0 Å². The summed E-state index contributed by atoms with van der Waals surface area (Å²) in [5, 5.41) is 8.65. The third kappa shape index (κ3) is 2.98. The highest BCUT2D eigenvalue weighted by Crippen LogP contribution is 2.20. The number of alkyl halides is 2. The van der Waals surface area contributed by atoms with E-state index in [1.54, 1.807) is 0 Å². The fourth-order valence-electron chi connectivity index (χ4n) is 1.43. The van der Waals surface area contributed by atoms with Gasteiger partial charge in [0.05, 0.1) is 5.56 Å². The van der Waals surface area contributed by atoms with Crippen molar-refractivity contribution in [2.45, 2.75) is 32.6 Å². The number of nitriles is 1. The van der Waals surface area contributed by atoms with E-state index in [9.17, 15) is 8.78 Å². The van der Waals surface area contributed by atoms with Gasteiger partial charge in [0.2, 0.25) is 6.43 Å². The molecule has 0 amide bonds. The number of aromatic nitrogens is 1. The van der Waals surface area contributed by atoms with Crippen LogP contribution in [-0.2, 0) is 6.42 Å². The van der Waals surface area contributed by atoms with E-state index in [4.69, 9.17) is 5.26 Å². The molecule has 0 aliphatic heterocycles. The molecule has 0 aliphatic carbocycles. The molecule has 1 heterocycles. The Morgan fingerprint density at radius 2 is 2.13 bits per heavy atom. The minimum Gasteiger partial charge on any atom is -0.259 e. The molecule has 0 N–H and O–H groups in total. The summed E-state index contributed by atoms with van der Waals surface area (Å²) >= 11 is 0. The molecule has 0 saturated carbocycles. The molecule has 0 fully saturated rings. The van der Waals surface area contributed by atoms with Crippen LogP contribution in [0.25, 0.3) is 0 Å². The van der Waals surface area contributed by atoms with Crippen LogP contribution < -0.4 is 0 Å². The molecule has 4 heteroatoms. The molecule has 15 heavy (non-hydrogen) atoms. The summed E-state index contributed by atoms with van der Waals surface area (Å²) in [6.07, 6.45) is -1.32. The summed E-state index contributed by atoms with van der Waals surface area (Å²) in [6, 6.07) is 3.39. The summed E-state index contributed by atoms with van der Waals surface area (Å²) in [5.74, 6) is 0.0893. The van der Waals surface area contributed by atoms with Crippen LogP contribution in [0, 0.1) is 11.3 Å². The number of halogens is 2. The van der Waals surface area contributed by atoms with Gasteiger partial charge in [0, 0.05) is 18.3 Å². The fourth-order valence-corrected chi connectivity index (χ4v) is 1.43. The first-order valence-electron chi connectivity index (χ1n) is 4.71. The van der Waals surface area contributed by atoms with Crippen LogP contribution in [0.2, 0.25) is 0 Å². The van der Waals surface area contributed by atoms with Gasteiger partial charge in [0.25, 0.3) is 0 Å². The van der Waals surface area contributed by atoms with Gasteiger partial charge in [0.15, 0.2) is 0 Å². The molecule has 0 aliphatic rings. The number of nitrogens with zero attached hydrogens (tertiary/aromatic N) is 2. The smallest absolute Gasteiger partial charge is 0.242 e. The molecule has 80 valence electrons. The normalized spacial score (nSPS) is 10.7. The number of rotatable bonds is 3. The second-order valence-electron chi connectivity index (χ2n) is 3.63. The standard InChI is InChI=1S/C11H12F2N2/c1-7(2)11-9(4-10(12)13)3-8(5-14)6-15-11/h3,6-7,10H,4H2,1-2H3. The lowest BCUT2D eigenvalue weighted by molar-refractivity contribution is 0.148. The van der Waals surface area contributed by atoms with Crippen molar-refractivity contribution in [2.24, 2.45) is 0 Å². The van der Waals surface area contributed by atoms with E-state index in [-0.39, 0.29) is 12.3 Å².